The normalized spacial score (nSPS) is 15.4. The molecular formula is C30H29ClN6O4. The second kappa shape index (κ2) is 10.6. The number of aryl methyl sites for hydroxylation is 1. The van der Waals surface area contributed by atoms with E-state index in [2.05, 4.69) is 15.0 Å². The Balaban J connectivity index is 1.15. The Kier molecular flexibility index (Phi) is 6.98. The van der Waals surface area contributed by atoms with E-state index in [-0.39, 0.29) is 17.6 Å². The summed E-state index contributed by atoms with van der Waals surface area (Å²) in [7, 11) is 1.74. The molecule has 0 spiro atoms. The summed E-state index contributed by atoms with van der Waals surface area (Å²) in [6.07, 6.45) is 4.10. The van der Waals surface area contributed by atoms with Gasteiger partial charge in [0, 0.05) is 48.4 Å². The number of nitrogens with zero attached hydrogens (tertiary/aromatic N) is 5. The molecule has 0 aliphatic carbocycles. The highest BCUT2D eigenvalue weighted by Gasteiger charge is 2.33. The third-order valence-electron chi connectivity index (χ3n) is 7.76. The van der Waals surface area contributed by atoms with E-state index in [0.29, 0.717) is 54.3 Å². The molecule has 5 aromatic rings. The molecule has 3 aromatic heterocycles. The van der Waals surface area contributed by atoms with E-state index in [0.717, 1.165) is 22.5 Å². The van der Waals surface area contributed by atoms with Crippen LogP contribution in [0.4, 0.5) is 0 Å². The largest absolute Gasteiger partial charge is 0.464 e. The Morgan fingerprint density at radius 2 is 1.83 bits per heavy atom. The minimum absolute atomic E-state index is 0.125. The lowest BCUT2D eigenvalue weighted by molar-refractivity contribution is -0.0364. The van der Waals surface area contributed by atoms with Crippen LogP contribution in [0.3, 0.4) is 0 Å². The summed E-state index contributed by atoms with van der Waals surface area (Å²) < 4.78 is 8.50. The summed E-state index contributed by atoms with van der Waals surface area (Å²) in [6.45, 7) is 2.11. The van der Waals surface area contributed by atoms with Crippen LogP contribution in [-0.4, -0.2) is 53.9 Å². The molecule has 6 rings (SSSR count). The topological polar surface area (TPSA) is 132 Å². The number of piperidine rings is 1. The van der Waals surface area contributed by atoms with Gasteiger partial charge in [0.25, 0.3) is 5.56 Å². The van der Waals surface area contributed by atoms with Crippen LogP contribution in [0.5, 0.6) is 0 Å². The van der Waals surface area contributed by atoms with Crippen molar-refractivity contribution in [2.75, 3.05) is 13.1 Å². The fourth-order valence-electron chi connectivity index (χ4n) is 5.44. The minimum Gasteiger partial charge on any atom is -0.464 e. The zero-order chi connectivity index (χ0) is 28.7. The van der Waals surface area contributed by atoms with Gasteiger partial charge in [-0.2, -0.15) is 5.10 Å². The van der Waals surface area contributed by atoms with Crippen LogP contribution in [-0.2, 0) is 20.1 Å². The highest BCUT2D eigenvalue weighted by Crippen LogP contribution is 2.30. The molecule has 1 saturated heterocycles. The third-order valence-corrected chi connectivity index (χ3v) is 8.11. The number of hydrogen-bond donors (Lipinski definition) is 2. The number of fused-ring (bicyclic) bond motifs is 1. The molecule has 2 aromatic carbocycles. The molecule has 1 aliphatic heterocycles. The maximum absolute atomic E-state index is 13.4. The van der Waals surface area contributed by atoms with Crippen LogP contribution in [0, 0.1) is 0 Å². The predicted molar refractivity (Wildman–Crippen MR) is 155 cm³/mol. The van der Waals surface area contributed by atoms with Crippen molar-refractivity contribution in [1.82, 2.24) is 24.2 Å². The number of benzene rings is 2. The Labute approximate surface area is 240 Å². The summed E-state index contributed by atoms with van der Waals surface area (Å²) in [4.78, 5) is 31.6. The van der Waals surface area contributed by atoms with Crippen LogP contribution >= 0.6 is 11.6 Å². The van der Waals surface area contributed by atoms with Crippen molar-refractivity contribution in [1.29, 1.82) is 0 Å². The number of amides is 1. The number of aliphatic hydroxyl groups is 1. The first kappa shape index (κ1) is 26.9. The number of carbonyl (C=O) groups excluding carboxylic acids is 1. The van der Waals surface area contributed by atoms with Crippen molar-refractivity contribution in [2.45, 2.75) is 31.5 Å². The van der Waals surface area contributed by atoms with Crippen LogP contribution in [0.2, 0.25) is 5.02 Å². The summed E-state index contributed by atoms with van der Waals surface area (Å²) in [5.41, 5.74) is 8.40. The number of rotatable bonds is 7. The van der Waals surface area contributed by atoms with E-state index in [1.807, 2.05) is 30.3 Å². The summed E-state index contributed by atoms with van der Waals surface area (Å²) in [5, 5.41) is 16.5. The van der Waals surface area contributed by atoms with Gasteiger partial charge in [0.1, 0.15) is 11.3 Å². The molecule has 1 aliphatic rings. The number of hydrogen-bond acceptors (Lipinski definition) is 7. The molecule has 10 nitrogen and oxygen atoms in total. The predicted octanol–water partition coefficient (Wildman–Crippen LogP) is 3.84. The van der Waals surface area contributed by atoms with Crippen molar-refractivity contribution in [3.8, 4) is 22.6 Å². The zero-order valence-electron chi connectivity index (χ0n) is 22.5. The first-order chi connectivity index (χ1) is 19.7. The number of primary amides is 1. The molecule has 0 bridgehead atoms. The van der Waals surface area contributed by atoms with Crippen molar-refractivity contribution in [3.63, 3.8) is 0 Å². The van der Waals surface area contributed by atoms with E-state index >= 15 is 0 Å². The van der Waals surface area contributed by atoms with Gasteiger partial charge in [-0.05, 0) is 48.7 Å². The summed E-state index contributed by atoms with van der Waals surface area (Å²) in [5.74, 6) is 0.255. The van der Waals surface area contributed by atoms with Gasteiger partial charge in [0.05, 0.1) is 30.4 Å². The average molecular weight is 573 g/mol. The minimum atomic E-state index is -1.05. The molecule has 1 fully saturated rings. The van der Waals surface area contributed by atoms with Gasteiger partial charge in [0.2, 0.25) is 5.91 Å². The van der Waals surface area contributed by atoms with Gasteiger partial charge >= 0.3 is 0 Å². The smallest absolute Gasteiger partial charge is 0.281 e. The zero-order valence-corrected chi connectivity index (χ0v) is 23.2. The highest BCUT2D eigenvalue weighted by molar-refractivity contribution is 6.31. The Bertz CT molecular complexity index is 1780. The molecule has 4 heterocycles. The van der Waals surface area contributed by atoms with E-state index in [9.17, 15) is 14.7 Å². The van der Waals surface area contributed by atoms with Crippen LogP contribution in [0.1, 0.15) is 28.8 Å². The van der Waals surface area contributed by atoms with Crippen molar-refractivity contribution in [2.24, 2.45) is 12.8 Å². The lowest BCUT2D eigenvalue weighted by atomic mass is 9.91. The third kappa shape index (κ3) is 5.29. The quantitative estimate of drug-likeness (QED) is 0.303. The van der Waals surface area contributed by atoms with Crippen LogP contribution < -0.4 is 11.3 Å². The fraction of sp³-hybridized carbons (Fsp3) is 0.267. The number of nitrogens with two attached hydrogens (primary N) is 1. The number of carbonyl (C=O) groups is 1. The lowest BCUT2D eigenvalue weighted by Crippen LogP contribution is -2.47. The molecular weight excluding hydrogens is 544 g/mol. The van der Waals surface area contributed by atoms with Crippen molar-refractivity contribution < 1.29 is 14.3 Å². The Morgan fingerprint density at radius 1 is 1.10 bits per heavy atom. The number of furan rings is 1. The number of halogens is 1. The maximum atomic E-state index is 13.4. The first-order valence-corrected chi connectivity index (χ1v) is 13.7. The van der Waals surface area contributed by atoms with E-state index in [4.69, 9.17) is 21.8 Å². The van der Waals surface area contributed by atoms with Crippen molar-refractivity contribution in [3.05, 3.63) is 93.7 Å². The van der Waals surface area contributed by atoms with Gasteiger partial charge in [-0.1, -0.05) is 35.9 Å². The summed E-state index contributed by atoms with van der Waals surface area (Å²) in [6, 6.07) is 16.4. The van der Waals surface area contributed by atoms with E-state index < -0.39 is 11.5 Å². The molecule has 0 atom stereocenters. The van der Waals surface area contributed by atoms with Crippen LogP contribution in [0.25, 0.3) is 33.6 Å². The van der Waals surface area contributed by atoms with Gasteiger partial charge in [-0.3, -0.25) is 23.7 Å². The molecule has 0 unspecified atom stereocenters. The molecule has 3 N–H and O–H groups in total. The standard InChI is InChI=1S/C30H29ClN6O4/c1-35-27(19-4-6-20(7-5-19)28(32)38)25-26(34-35)29(39)37(18-33-25)17-30(40)10-12-36(13-11-30)16-22-9-8-21(15-23(22)31)24-3-2-14-41-24/h2-9,14-15,18,40H,10-13,16-17H2,1H3,(H2,32,38). The van der Waals surface area contributed by atoms with Gasteiger partial charge in [-0.25, -0.2) is 4.98 Å². The number of aromatic nitrogens is 4. The molecule has 0 radical (unpaired) electrons. The van der Waals surface area contributed by atoms with E-state index in [1.54, 1.807) is 42.3 Å². The monoisotopic (exact) mass is 572 g/mol. The molecule has 0 saturated carbocycles. The van der Waals surface area contributed by atoms with E-state index in [1.165, 1.54) is 10.9 Å². The van der Waals surface area contributed by atoms with Gasteiger partial charge in [-0.15, -0.1) is 0 Å². The Hall–Kier alpha value is -4.25. The second-order valence-corrected chi connectivity index (χ2v) is 11.0. The van der Waals surface area contributed by atoms with Crippen LogP contribution in [0.15, 0.2) is 76.4 Å². The molecule has 1 amide bonds. The number of likely N-dealkylation sites (tertiary alicyclic amines) is 1. The lowest BCUT2D eigenvalue weighted by Gasteiger charge is -2.38. The average Bonchev–Trinajstić information content (AvgIpc) is 3.61. The highest BCUT2D eigenvalue weighted by atomic mass is 35.5. The van der Waals surface area contributed by atoms with Crippen molar-refractivity contribution >= 4 is 28.5 Å². The molecule has 41 heavy (non-hydrogen) atoms. The maximum Gasteiger partial charge on any atom is 0.281 e. The molecule has 11 heteroatoms. The molecule has 210 valence electrons. The van der Waals surface area contributed by atoms with Gasteiger partial charge < -0.3 is 15.3 Å². The summed E-state index contributed by atoms with van der Waals surface area (Å²) >= 11 is 6.58. The Morgan fingerprint density at radius 3 is 2.49 bits per heavy atom. The SMILES string of the molecule is Cn1nc2c(=O)n(CC3(O)CCN(Cc4ccc(-c5ccco5)cc4Cl)CC3)cnc2c1-c1ccc(C(N)=O)cc1. The van der Waals surface area contributed by atoms with Gasteiger partial charge in [0.15, 0.2) is 5.52 Å². The first-order valence-electron chi connectivity index (χ1n) is 13.3. The fourth-order valence-corrected chi connectivity index (χ4v) is 5.68. The second-order valence-electron chi connectivity index (χ2n) is 10.6.